The number of rotatable bonds is 6. The second-order valence-corrected chi connectivity index (χ2v) is 3.45. The van der Waals surface area contributed by atoms with Gasteiger partial charge in [0.25, 0.3) is 0 Å². The van der Waals surface area contributed by atoms with Gasteiger partial charge in [0.15, 0.2) is 0 Å². The van der Waals surface area contributed by atoms with Gasteiger partial charge >= 0.3 is 0 Å². The topological polar surface area (TPSA) is 60.7 Å². The first kappa shape index (κ1) is 11.9. The van der Waals surface area contributed by atoms with Gasteiger partial charge in [0, 0.05) is 0 Å². The van der Waals surface area contributed by atoms with Crippen LogP contribution in [0.2, 0.25) is 0 Å². The van der Waals surface area contributed by atoms with Crippen LogP contribution in [-0.2, 0) is 0 Å². The van der Waals surface area contributed by atoms with Crippen molar-refractivity contribution in [1.29, 1.82) is 0 Å². The molecule has 0 saturated heterocycles. The molecule has 0 amide bonds. The van der Waals surface area contributed by atoms with E-state index in [1.807, 2.05) is 6.92 Å². The van der Waals surface area contributed by atoms with E-state index >= 15 is 0 Å². The minimum absolute atomic E-state index is 0.361. The maximum atomic E-state index is 9.30. The summed E-state index contributed by atoms with van der Waals surface area (Å²) in [4.78, 5) is 0. The molecular weight excluding hydrogens is 156 g/mol. The second-order valence-electron chi connectivity index (χ2n) is 3.45. The molecule has 0 aromatic carbocycles. The molecule has 0 aromatic rings. The zero-order valence-electron chi connectivity index (χ0n) is 7.90. The van der Waals surface area contributed by atoms with Crippen LogP contribution >= 0.6 is 0 Å². The maximum absolute atomic E-state index is 9.30. The van der Waals surface area contributed by atoms with E-state index in [1.165, 1.54) is 0 Å². The lowest BCUT2D eigenvalue weighted by Gasteiger charge is -2.19. The van der Waals surface area contributed by atoms with Crippen molar-refractivity contribution in [3.63, 3.8) is 0 Å². The quantitative estimate of drug-likeness (QED) is 0.553. The number of hydrogen-bond acceptors (Lipinski definition) is 3. The van der Waals surface area contributed by atoms with Crippen molar-refractivity contribution >= 4 is 0 Å². The lowest BCUT2D eigenvalue weighted by Crippen LogP contribution is -2.30. The molecule has 3 heteroatoms. The minimum atomic E-state index is -0.982. The zero-order valence-corrected chi connectivity index (χ0v) is 7.90. The molecule has 3 unspecified atom stereocenters. The Hall–Kier alpha value is -0.120. The number of aliphatic hydroxyl groups is 3. The van der Waals surface area contributed by atoms with Crippen molar-refractivity contribution in [2.75, 3.05) is 6.61 Å². The van der Waals surface area contributed by atoms with Crippen molar-refractivity contribution in [2.24, 2.45) is 5.92 Å². The van der Waals surface area contributed by atoms with Gasteiger partial charge in [-0.15, -0.1) is 0 Å². The highest BCUT2D eigenvalue weighted by atomic mass is 16.4. The molecule has 0 fully saturated rings. The van der Waals surface area contributed by atoms with Crippen molar-refractivity contribution in [3.8, 4) is 0 Å². The zero-order chi connectivity index (χ0) is 9.56. The summed E-state index contributed by atoms with van der Waals surface area (Å²) in [7, 11) is 0. The van der Waals surface area contributed by atoms with Crippen LogP contribution in [-0.4, -0.2) is 34.1 Å². The van der Waals surface area contributed by atoms with Crippen LogP contribution in [0.3, 0.4) is 0 Å². The van der Waals surface area contributed by atoms with Crippen molar-refractivity contribution in [2.45, 2.75) is 45.3 Å². The van der Waals surface area contributed by atoms with Crippen LogP contribution in [0, 0.1) is 5.92 Å². The lowest BCUT2D eigenvalue weighted by molar-refractivity contribution is -0.0242. The summed E-state index contributed by atoms with van der Waals surface area (Å²) < 4.78 is 0. The van der Waals surface area contributed by atoms with Crippen LogP contribution in [0.4, 0.5) is 0 Å². The predicted octanol–water partition coefficient (Wildman–Crippen LogP) is 0.527. The van der Waals surface area contributed by atoms with Gasteiger partial charge in [-0.3, -0.25) is 0 Å². The second kappa shape index (κ2) is 6.40. The predicted molar refractivity (Wildman–Crippen MR) is 47.8 cm³/mol. The van der Waals surface area contributed by atoms with Crippen molar-refractivity contribution in [1.82, 2.24) is 0 Å². The average molecular weight is 176 g/mol. The van der Waals surface area contributed by atoms with E-state index in [0.717, 1.165) is 12.8 Å². The summed E-state index contributed by atoms with van der Waals surface area (Å²) in [6, 6.07) is 0. The molecule has 0 radical (unpaired) electrons. The summed E-state index contributed by atoms with van der Waals surface area (Å²) >= 11 is 0. The Morgan fingerprint density at radius 2 is 1.75 bits per heavy atom. The van der Waals surface area contributed by atoms with Gasteiger partial charge in [-0.1, -0.05) is 26.7 Å². The molecule has 0 heterocycles. The first-order valence-corrected chi connectivity index (χ1v) is 4.58. The SMILES string of the molecule is CCCC(C)CC(O)C(O)CO. The Labute approximate surface area is 74.0 Å². The molecule has 0 aliphatic carbocycles. The Morgan fingerprint density at radius 1 is 1.17 bits per heavy atom. The summed E-state index contributed by atoms with van der Waals surface area (Å²) in [5, 5.41) is 26.9. The summed E-state index contributed by atoms with van der Waals surface area (Å²) in [6.45, 7) is 3.77. The van der Waals surface area contributed by atoms with E-state index in [4.69, 9.17) is 10.2 Å². The summed E-state index contributed by atoms with van der Waals surface area (Å²) in [6.07, 6.45) is 0.939. The molecule has 0 aromatic heterocycles. The van der Waals surface area contributed by atoms with Crippen LogP contribution in [0.1, 0.15) is 33.1 Å². The van der Waals surface area contributed by atoms with Crippen LogP contribution in [0.25, 0.3) is 0 Å². The molecular formula is C9H20O3. The van der Waals surface area contributed by atoms with Gasteiger partial charge in [0.1, 0.15) is 6.10 Å². The summed E-state index contributed by atoms with van der Waals surface area (Å²) in [5.41, 5.74) is 0. The minimum Gasteiger partial charge on any atom is -0.394 e. The monoisotopic (exact) mass is 176 g/mol. The third kappa shape index (κ3) is 4.70. The molecule has 0 aliphatic rings. The van der Waals surface area contributed by atoms with Crippen molar-refractivity contribution < 1.29 is 15.3 Å². The van der Waals surface area contributed by atoms with Crippen molar-refractivity contribution in [3.05, 3.63) is 0 Å². The third-order valence-corrected chi connectivity index (χ3v) is 2.06. The van der Waals surface area contributed by atoms with Gasteiger partial charge in [-0.25, -0.2) is 0 Å². The standard InChI is InChI=1S/C9H20O3/c1-3-4-7(2)5-8(11)9(12)6-10/h7-12H,3-6H2,1-2H3. The lowest BCUT2D eigenvalue weighted by atomic mass is 9.96. The molecule has 3 atom stereocenters. The van der Waals surface area contributed by atoms with Crippen LogP contribution in [0.15, 0.2) is 0 Å². The molecule has 74 valence electrons. The first-order chi connectivity index (χ1) is 5.61. The fourth-order valence-electron chi connectivity index (χ4n) is 1.30. The third-order valence-electron chi connectivity index (χ3n) is 2.06. The van der Waals surface area contributed by atoms with E-state index in [1.54, 1.807) is 0 Å². The Morgan fingerprint density at radius 3 is 2.17 bits per heavy atom. The normalized spacial score (nSPS) is 18.8. The molecule has 0 bridgehead atoms. The Bertz CT molecular complexity index is 106. The smallest absolute Gasteiger partial charge is 0.103 e. The fourth-order valence-corrected chi connectivity index (χ4v) is 1.30. The molecule has 0 rings (SSSR count). The van der Waals surface area contributed by atoms with Gasteiger partial charge in [-0.05, 0) is 12.3 Å². The van der Waals surface area contributed by atoms with Crippen LogP contribution < -0.4 is 0 Å². The Balaban J connectivity index is 3.59. The fraction of sp³-hybridized carbons (Fsp3) is 1.00. The molecule has 3 nitrogen and oxygen atoms in total. The molecule has 0 saturated carbocycles. The maximum Gasteiger partial charge on any atom is 0.103 e. The molecule has 3 N–H and O–H groups in total. The summed E-state index contributed by atoms with van der Waals surface area (Å²) in [5.74, 6) is 0.409. The van der Waals surface area contributed by atoms with E-state index in [2.05, 4.69) is 6.92 Å². The number of hydrogen-bond donors (Lipinski definition) is 3. The largest absolute Gasteiger partial charge is 0.394 e. The molecule has 0 aliphatic heterocycles. The van der Waals surface area contributed by atoms with Gasteiger partial charge in [-0.2, -0.15) is 0 Å². The van der Waals surface area contributed by atoms with Crippen LogP contribution in [0.5, 0.6) is 0 Å². The molecule has 0 spiro atoms. The van der Waals surface area contributed by atoms with Gasteiger partial charge < -0.3 is 15.3 Å². The highest BCUT2D eigenvalue weighted by Gasteiger charge is 2.17. The molecule has 12 heavy (non-hydrogen) atoms. The van der Waals surface area contributed by atoms with E-state index in [-0.39, 0.29) is 6.61 Å². The van der Waals surface area contributed by atoms with Gasteiger partial charge in [0.2, 0.25) is 0 Å². The highest BCUT2D eigenvalue weighted by molar-refractivity contribution is 4.68. The highest BCUT2D eigenvalue weighted by Crippen LogP contribution is 2.14. The number of aliphatic hydroxyl groups excluding tert-OH is 3. The first-order valence-electron chi connectivity index (χ1n) is 4.58. The average Bonchev–Trinajstić information content (AvgIpc) is 2.03. The van der Waals surface area contributed by atoms with E-state index in [0.29, 0.717) is 12.3 Å². The van der Waals surface area contributed by atoms with Gasteiger partial charge in [0.05, 0.1) is 12.7 Å². The van der Waals surface area contributed by atoms with E-state index < -0.39 is 12.2 Å². The van der Waals surface area contributed by atoms with E-state index in [9.17, 15) is 5.11 Å². The Kier molecular flexibility index (Phi) is 6.34.